The number of thioether (sulfide) groups is 1. The van der Waals surface area contributed by atoms with E-state index in [1.54, 1.807) is 0 Å². The number of halogens is 1. The van der Waals surface area contributed by atoms with Crippen LogP contribution >= 0.6 is 27.7 Å². The van der Waals surface area contributed by atoms with Crippen LogP contribution < -0.4 is 5.32 Å². The van der Waals surface area contributed by atoms with Crippen molar-refractivity contribution < 1.29 is 0 Å². The Bertz CT molecular complexity index is 352. The molecular formula is C10H11BrN2S. The molecule has 0 saturated carbocycles. The zero-order chi connectivity index (χ0) is 9.80. The second kappa shape index (κ2) is 4.84. The molecule has 0 fully saturated rings. The lowest BCUT2D eigenvalue weighted by molar-refractivity contribution is 1.12. The average molecular weight is 271 g/mol. The lowest BCUT2D eigenvalue weighted by atomic mass is 10.3. The van der Waals surface area contributed by atoms with E-state index in [-0.39, 0.29) is 0 Å². The number of nitrogens with zero attached hydrogens (tertiary/aromatic N) is 1. The molecule has 1 aliphatic heterocycles. The minimum atomic E-state index is 0.932. The van der Waals surface area contributed by atoms with Gasteiger partial charge in [0.05, 0.1) is 12.3 Å². The van der Waals surface area contributed by atoms with Crippen molar-refractivity contribution in [2.24, 2.45) is 4.99 Å². The Morgan fingerprint density at radius 2 is 2.36 bits per heavy atom. The molecule has 4 heteroatoms. The van der Waals surface area contributed by atoms with Gasteiger partial charge >= 0.3 is 0 Å². The quantitative estimate of drug-likeness (QED) is 0.849. The molecule has 2 rings (SSSR count). The third-order valence-corrected chi connectivity index (χ3v) is 3.33. The number of benzene rings is 1. The molecule has 1 N–H and O–H groups in total. The Hall–Kier alpha value is -0.480. The van der Waals surface area contributed by atoms with Gasteiger partial charge in [0.25, 0.3) is 0 Å². The second-order valence-electron chi connectivity index (χ2n) is 3.02. The molecule has 0 unspecified atom stereocenters. The van der Waals surface area contributed by atoms with E-state index in [1.807, 2.05) is 30.0 Å². The molecule has 0 aromatic heterocycles. The standard InChI is InChI=1S/C10H11BrN2S/c11-8-2-1-3-9(6-8)13-10-7-14-5-4-12-10/h1-3,6H,4-5,7H2,(H,12,13). The SMILES string of the molecule is Brc1cccc(NC2=NCCSC2)c1. The third-order valence-electron chi connectivity index (χ3n) is 1.89. The van der Waals surface area contributed by atoms with Gasteiger partial charge in [-0.05, 0) is 18.2 Å². The van der Waals surface area contributed by atoms with Crippen LogP contribution in [0.15, 0.2) is 33.7 Å². The van der Waals surface area contributed by atoms with Gasteiger partial charge < -0.3 is 5.32 Å². The summed E-state index contributed by atoms with van der Waals surface area (Å²) in [6.07, 6.45) is 0. The van der Waals surface area contributed by atoms with Gasteiger partial charge in [-0.25, -0.2) is 0 Å². The normalized spacial score (nSPS) is 16.2. The third kappa shape index (κ3) is 2.75. The van der Waals surface area contributed by atoms with E-state index in [4.69, 9.17) is 0 Å². The van der Waals surface area contributed by atoms with E-state index >= 15 is 0 Å². The van der Waals surface area contributed by atoms with Crippen molar-refractivity contribution >= 4 is 39.2 Å². The van der Waals surface area contributed by atoms with Gasteiger partial charge in [-0.2, -0.15) is 11.8 Å². The summed E-state index contributed by atoms with van der Waals surface area (Å²) >= 11 is 5.36. The lowest BCUT2D eigenvalue weighted by Crippen LogP contribution is -2.19. The smallest absolute Gasteiger partial charge is 0.111 e. The highest BCUT2D eigenvalue weighted by atomic mass is 79.9. The molecule has 0 bridgehead atoms. The van der Waals surface area contributed by atoms with E-state index < -0.39 is 0 Å². The minimum Gasteiger partial charge on any atom is -0.343 e. The van der Waals surface area contributed by atoms with Crippen LogP contribution in [-0.4, -0.2) is 23.9 Å². The molecule has 0 saturated heterocycles. The summed E-state index contributed by atoms with van der Waals surface area (Å²) in [5.41, 5.74) is 1.10. The van der Waals surface area contributed by atoms with E-state index in [2.05, 4.69) is 32.3 Å². The Kier molecular flexibility index (Phi) is 3.48. The number of aliphatic imine (C=N–C) groups is 1. The molecule has 0 atom stereocenters. The minimum absolute atomic E-state index is 0.932. The fraction of sp³-hybridized carbons (Fsp3) is 0.300. The van der Waals surface area contributed by atoms with E-state index in [0.29, 0.717) is 0 Å². The van der Waals surface area contributed by atoms with Crippen LogP contribution in [0.2, 0.25) is 0 Å². The Morgan fingerprint density at radius 3 is 3.07 bits per heavy atom. The van der Waals surface area contributed by atoms with Crippen LogP contribution in [0, 0.1) is 0 Å². The first-order chi connectivity index (χ1) is 6.84. The van der Waals surface area contributed by atoms with Crippen molar-refractivity contribution in [3.63, 3.8) is 0 Å². The Balaban J connectivity index is 2.06. The number of amidine groups is 1. The predicted molar refractivity (Wildman–Crippen MR) is 67.4 cm³/mol. The van der Waals surface area contributed by atoms with E-state index in [1.165, 1.54) is 0 Å². The second-order valence-corrected chi connectivity index (χ2v) is 5.04. The van der Waals surface area contributed by atoms with Gasteiger partial charge in [-0.1, -0.05) is 22.0 Å². The van der Waals surface area contributed by atoms with Crippen molar-refractivity contribution in [1.82, 2.24) is 0 Å². The lowest BCUT2D eigenvalue weighted by Gasteiger charge is -2.13. The summed E-state index contributed by atoms with van der Waals surface area (Å²) < 4.78 is 1.09. The maximum absolute atomic E-state index is 4.42. The molecular weight excluding hydrogens is 260 g/mol. The highest BCUT2D eigenvalue weighted by Crippen LogP contribution is 2.17. The van der Waals surface area contributed by atoms with Crippen LogP contribution in [0.4, 0.5) is 5.69 Å². The number of hydrogen-bond donors (Lipinski definition) is 1. The molecule has 1 aromatic rings. The monoisotopic (exact) mass is 270 g/mol. The molecule has 1 aromatic carbocycles. The van der Waals surface area contributed by atoms with Crippen LogP contribution in [0.1, 0.15) is 0 Å². The fourth-order valence-corrected chi connectivity index (χ4v) is 2.39. The van der Waals surface area contributed by atoms with E-state index in [9.17, 15) is 0 Å². The molecule has 74 valence electrons. The molecule has 1 aliphatic rings. The summed E-state index contributed by atoms with van der Waals surface area (Å²) in [4.78, 5) is 4.42. The van der Waals surface area contributed by atoms with Gasteiger partial charge in [0.15, 0.2) is 0 Å². The first kappa shape index (κ1) is 10.1. The summed E-state index contributed by atoms with van der Waals surface area (Å²) in [7, 11) is 0. The van der Waals surface area contributed by atoms with Crippen molar-refractivity contribution in [2.75, 3.05) is 23.4 Å². The van der Waals surface area contributed by atoms with Crippen molar-refractivity contribution in [2.45, 2.75) is 0 Å². The van der Waals surface area contributed by atoms with Crippen molar-refractivity contribution in [3.05, 3.63) is 28.7 Å². The molecule has 0 aliphatic carbocycles. The van der Waals surface area contributed by atoms with Gasteiger partial charge in [0.1, 0.15) is 5.84 Å². The van der Waals surface area contributed by atoms with Crippen LogP contribution in [-0.2, 0) is 0 Å². The number of nitrogens with one attached hydrogen (secondary N) is 1. The van der Waals surface area contributed by atoms with Crippen molar-refractivity contribution in [3.8, 4) is 0 Å². The number of rotatable bonds is 1. The summed E-state index contributed by atoms with van der Waals surface area (Å²) in [5.74, 6) is 3.22. The molecule has 0 radical (unpaired) electrons. The first-order valence-corrected chi connectivity index (χ1v) is 6.43. The largest absolute Gasteiger partial charge is 0.343 e. The molecule has 0 amide bonds. The molecule has 0 spiro atoms. The highest BCUT2D eigenvalue weighted by molar-refractivity contribution is 9.10. The molecule has 1 heterocycles. The van der Waals surface area contributed by atoms with Gasteiger partial charge in [0.2, 0.25) is 0 Å². The maximum atomic E-state index is 4.42. The Morgan fingerprint density at radius 1 is 1.43 bits per heavy atom. The van der Waals surface area contributed by atoms with Crippen LogP contribution in [0.3, 0.4) is 0 Å². The van der Waals surface area contributed by atoms with Gasteiger partial charge in [-0.15, -0.1) is 0 Å². The number of hydrogen-bond acceptors (Lipinski definition) is 3. The zero-order valence-electron chi connectivity index (χ0n) is 7.66. The van der Waals surface area contributed by atoms with Crippen molar-refractivity contribution in [1.29, 1.82) is 0 Å². The van der Waals surface area contributed by atoms with Crippen LogP contribution in [0.5, 0.6) is 0 Å². The number of anilines is 1. The fourth-order valence-electron chi connectivity index (χ4n) is 1.27. The van der Waals surface area contributed by atoms with Gasteiger partial charge in [0, 0.05) is 15.9 Å². The molecule has 2 nitrogen and oxygen atoms in total. The van der Waals surface area contributed by atoms with E-state index in [0.717, 1.165) is 34.0 Å². The van der Waals surface area contributed by atoms with Crippen LogP contribution in [0.25, 0.3) is 0 Å². The summed E-state index contributed by atoms with van der Waals surface area (Å²) in [5, 5.41) is 3.32. The Labute approximate surface area is 96.3 Å². The topological polar surface area (TPSA) is 24.4 Å². The zero-order valence-corrected chi connectivity index (χ0v) is 10.1. The summed E-state index contributed by atoms with van der Waals surface area (Å²) in [6, 6.07) is 8.14. The maximum Gasteiger partial charge on any atom is 0.111 e. The summed E-state index contributed by atoms with van der Waals surface area (Å²) in [6.45, 7) is 0.932. The average Bonchev–Trinajstić information content (AvgIpc) is 2.19. The van der Waals surface area contributed by atoms with Gasteiger partial charge in [-0.3, -0.25) is 4.99 Å². The predicted octanol–water partition coefficient (Wildman–Crippen LogP) is 3.01. The first-order valence-electron chi connectivity index (χ1n) is 4.48. The molecule has 14 heavy (non-hydrogen) atoms. The highest BCUT2D eigenvalue weighted by Gasteiger charge is 2.05.